The lowest BCUT2D eigenvalue weighted by molar-refractivity contribution is 0.0953. The number of nitrogens with one attached hydrogen (secondary N) is 2. The summed E-state index contributed by atoms with van der Waals surface area (Å²) in [5.74, 6) is -0.0585. The number of tetrazole rings is 1. The van der Waals surface area contributed by atoms with Crippen molar-refractivity contribution in [1.82, 2.24) is 25.5 Å². The molecule has 1 heterocycles. The molecule has 7 heteroatoms. The summed E-state index contributed by atoms with van der Waals surface area (Å²) in [7, 11) is 0. The van der Waals surface area contributed by atoms with E-state index in [1.165, 1.54) is 96.3 Å². The number of carbonyl (C=O) groups is 1. The highest BCUT2D eigenvalue weighted by atomic mass is 32.1. The van der Waals surface area contributed by atoms with Crippen molar-refractivity contribution < 1.29 is 4.79 Å². The third kappa shape index (κ3) is 11.6. The molecule has 184 valence electrons. The van der Waals surface area contributed by atoms with Crippen molar-refractivity contribution in [3.8, 4) is 5.69 Å². The Morgan fingerprint density at radius 1 is 0.879 bits per heavy atom. The van der Waals surface area contributed by atoms with Crippen LogP contribution in [0.15, 0.2) is 24.3 Å². The van der Waals surface area contributed by atoms with Crippen LogP contribution in [0, 0.1) is 4.77 Å². The second-order valence-electron chi connectivity index (χ2n) is 9.03. The van der Waals surface area contributed by atoms with Crippen molar-refractivity contribution in [2.24, 2.45) is 0 Å². The number of carbonyl (C=O) groups excluding carboxylic acids is 1. The third-order valence-electron chi connectivity index (χ3n) is 6.15. The van der Waals surface area contributed by atoms with Gasteiger partial charge in [-0.05, 0) is 36.8 Å². The van der Waals surface area contributed by atoms with E-state index in [4.69, 9.17) is 12.2 Å². The SMILES string of the molecule is CCCCCCCCCCCCCCCCCCNC(=O)c1cccc(-n2[nH]nnc2=S)c1. The predicted molar refractivity (Wildman–Crippen MR) is 138 cm³/mol. The van der Waals surface area contributed by atoms with Crippen LogP contribution in [0.25, 0.3) is 5.69 Å². The average molecular weight is 474 g/mol. The molecule has 0 fully saturated rings. The normalized spacial score (nSPS) is 11.1. The summed E-state index contributed by atoms with van der Waals surface area (Å²) in [5.41, 5.74) is 1.36. The minimum absolute atomic E-state index is 0.0585. The average Bonchev–Trinajstić information content (AvgIpc) is 3.27. The van der Waals surface area contributed by atoms with Gasteiger partial charge in [0.2, 0.25) is 4.77 Å². The molecule has 0 aliphatic heterocycles. The van der Waals surface area contributed by atoms with Gasteiger partial charge in [0.1, 0.15) is 0 Å². The predicted octanol–water partition coefficient (Wildman–Crippen LogP) is 7.32. The van der Waals surface area contributed by atoms with Gasteiger partial charge in [-0.25, -0.2) is 4.68 Å². The van der Waals surface area contributed by atoms with Crippen LogP contribution in [-0.4, -0.2) is 32.7 Å². The molecule has 0 bridgehead atoms. The zero-order valence-electron chi connectivity index (χ0n) is 20.5. The Bertz CT molecular complexity index is 832. The highest BCUT2D eigenvalue weighted by molar-refractivity contribution is 7.71. The van der Waals surface area contributed by atoms with E-state index in [2.05, 4.69) is 27.8 Å². The second kappa shape index (κ2) is 17.5. The van der Waals surface area contributed by atoms with Crippen LogP contribution in [0.5, 0.6) is 0 Å². The number of aromatic nitrogens is 4. The first-order valence-corrected chi connectivity index (χ1v) is 13.5. The summed E-state index contributed by atoms with van der Waals surface area (Å²) in [5, 5.41) is 13.2. The first-order valence-electron chi connectivity index (χ1n) is 13.1. The van der Waals surface area contributed by atoms with Gasteiger partial charge in [-0.1, -0.05) is 120 Å². The Kier molecular flexibility index (Phi) is 14.4. The first-order chi connectivity index (χ1) is 16.2. The molecule has 2 N–H and O–H groups in total. The van der Waals surface area contributed by atoms with E-state index in [1.807, 2.05) is 12.1 Å². The molecular formula is C26H43N5OS. The monoisotopic (exact) mass is 473 g/mol. The van der Waals surface area contributed by atoms with E-state index < -0.39 is 0 Å². The molecule has 0 unspecified atom stereocenters. The summed E-state index contributed by atoms with van der Waals surface area (Å²) in [6.07, 6.45) is 21.6. The second-order valence-corrected chi connectivity index (χ2v) is 9.39. The molecular weight excluding hydrogens is 430 g/mol. The van der Waals surface area contributed by atoms with Crippen LogP contribution in [-0.2, 0) is 0 Å². The summed E-state index contributed by atoms with van der Waals surface area (Å²) in [6.45, 7) is 2.99. The molecule has 0 aliphatic rings. The maximum absolute atomic E-state index is 12.4. The van der Waals surface area contributed by atoms with Gasteiger partial charge in [0, 0.05) is 12.1 Å². The van der Waals surface area contributed by atoms with Gasteiger partial charge in [0.05, 0.1) is 5.69 Å². The quantitative estimate of drug-likeness (QED) is 0.166. The standard InChI is InChI=1S/C26H43N5OS/c1-2-3-4-5-6-7-8-9-10-11-12-13-14-15-16-17-21-27-25(32)23-19-18-20-24(22-23)31-26(33)28-29-30-31/h18-20,22H,2-17,21H2,1H3,(H,27,32)(H,28,30,33). The number of unbranched alkanes of at least 4 members (excludes halogenated alkanes) is 15. The summed E-state index contributed by atoms with van der Waals surface area (Å²) >= 11 is 5.11. The van der Waals surface area contributed by atoms with Gasteiger partial charge in [-0.3, -0.25) is 4.79 Å². The number of H-pyrrole nitrogens is 1. The highest BCUT2D eigenvalue weighted by Gasteiger charge is 2.07. The maximum atomic E-state index is 12.4. The van der Waals surface area contributed by atoms with Gasteiger partial charge in [-0.15, -0.1) is 0 Å². The summed E-state index contributed by atoms with van der Waals surface area (Å²) < 4.78 is 1.91. The van der Waals surface area contributed by atoms with Crippen molar-refractivity contribution in [1.29, 1.82) is 0 Å². The van der Waals surface area contributed by atoms with Crippen molar-refractivity contribution in [3.63, 3.8) is 0 Å². The molecule has 0 aliphatic carbocycles. The smallest absolute Gasteiger partial charge is 0.251 e. The van der Waals surface area contributed by atoms with Gasteiger partial charge in [0.15, 0.2) is 0 Å². The van der Waals surface area contributed by atoms with E-state index in [1.54, 1.807) is 16.8 Å². The Morgan fingerprint density at radius 2 is 1.42 bits per heavy atom. The molecule has 0 radical (unpaired) electrons. The van der Waals surface area contributed by atoms with Crippen molar-refractivity contribution in [3.05, 3.63) is 34.6 Å². The van der Waals surface area contributed by atoms with Crippen LogP contribution in [0.4, 0.5) is 0 Å². The highest BCUT2D eigenvalue weighted by Crippen LogP contribution is 2.14. The molecule has 2 rings (SSSR count). The largest absolute Gasteiger partial charge is 0.352 e. The Morgan fingerprint density at radius 3 is 1.94 bits per heavy atom. The van der Waals surface area contributed by atoms with Crippen molar-refractivity contribution in [2.45, 2.75) is 110 Å². The zero-order valence-corrected chi connectivity index (χ0v) is 21.3. The fourth-order valence-electron chi connectivity index (χ4n) is 4.13. The van der Waals surface area contributed by atoms with Crippen LogP contribution in [0.3, 0.4) is 0 Å². The van der Waals surface area contributed by atoms with Crippen LogP contribution < -0.4 is 5.32 Å². The van der Waals surface area contributed by atoms with Crippen LogP contribution in [0.1, 0.15) is 120 Å². The van der Waals surface area contributed by atoms with Gasteiger partial charge in [0.25, 0.3) is 5.91 Å². The number of rotatable bonds is 19. The number of hydrogen-bond donors (Lipinski definition) is 2. The molecule has 0 atom stereocenters. The van der Waals surface area contributed by atoms with Gasteiger partial charge >= 0.3 is 0 Å². The molecule has 1 amide bonds. The number of amides is 1. The van der Waals surface area contributed by atoms with E-state index >= 15 is 0 Å². The molecule has 6 nitrogen and oxygen atoms in total. The Labute approximate surface area is 204 Å². The fourth-order valence-corrected chi connectivity index (χ4v) is 4.32. The lowest BCUT2D eigenvalue weighted by atomic mass is 10.0. The van der Waals surface area contributed by atoms with E-state index in [0.29, 0.717) is 16.9 Å². The summed E-state index contributed by atoms with van der Waals surface area (Å²) in [6, 6.07) is 7.29. The first kappa shape index (κ1) is 27.2. The molecule has 33 heavy (non-hydrogen) atoms. The van der Waals surface area contributed by atoms with E-state index in [0.717, 1.165) is 12.1 Å². The topological polar surface area (TPSA) is 75.6 Å². The molecule has 0 spiro atoms. The molecule has 2 aromatic rings. The van der Waals surface area contributed by atoms with E-state index in [-0.39, 0.29) is 5.91 Å². The zero-order chi connectivity index (χ0) is 23.6. The number of nitrogens with zero attached hydrogens (tertiary/aromatic N) is 3. The Hall–Kier alpha value is -2.02. The van der Waals surface area contributed by atoms with Crippen molar-refractivity contribution >= 4 is 18.1 Å². The lowest BCUT2D eigenvalue weighted by Crippen LogP contribution is -2.24. The molecule has 1 aromatic carbocycles. The number of aromatic amines is 1. The molecule has 0 saturated carbocycles. The lowest BCUT2D eigenvalue weighted by Gasteiger charge is -2.07. The number of benzene rings is 1. The third-order valence-corrected chi connectivity index (χ3v) is 6.42. The Balaban J connectivity index is 1.42. The van der Waals surface area contributed by atoms with Crippen molar-refractivity contribution in [2.75, 3.05) is 6.54 Å². The minimum atomic E-state index is -0.0585. The van der Waals surface area contributed by atoms with E-state index in [9.17, 15) is 4.79 Å². The molecule has 1 aromatic heterocycles. The number of hydrogen-bond acceptors (Lipinski definition) is 4. The maximum Gasteiger partial charge on any atom is 0.251 e. The van der Waals surface area contributed by atoms with Gasteiger partial charge < -0.3 is 5.32 Å². The van der Waals surface area contributed by atoms with Crippen LogP contribution >= 0.6 is 12.2 Å². The fraction of sp³-hybridized carbons (Fsp3) is 0.692. The molecule has 0 saturated heterocycles. The van der Waals surface area contributed by atoms with Crippen LogP contribution in [0.2, 0.25) is 0 Å². The summed E-state index contributed by atoms with van der Waals surface area (Å²) in [4.78, 5) is 12.4. The van der Waals surface area contributed by atoms with Gasteiger partial charge in [-0.2, -0.15) is 5.21 Å². The minimum Gasteiger partial charge on any atom is -0.352 e.